The molecule has 2 aliphatic heterocycles. The Kier molecular flexibility index (Phi) is 6.69. The molecule has 2 saturated heterocycles. The van der Waals surface area contributed by atoms with E-state index in [9.17, 15) is 9.59 Å². The Morgan fingerprint density at radius 3 is 2.56 bits per heavy atom. The molecule has 0 bridgehead atoms. The van der Waals surface area contributed by atoms with Gasteiger partial charge in [-0.15, -0.1) is 0 Å². The van der Waals surface area contributed by atoms with Gasteiger partial charge >= 0.3 is 0 Å². The number of anilines is 1. The van der Waals surface area contributed by atoms with Crippen molar-refractivity contribution in [3.05, 3.63) is 44.7 Å². The van der Waals surface area contributed by atoms with Crippen molar-refractivity contribution in [2.24, 2.45) is 0 Å². The number of pyridine rings is 1. The quantitative estimate of drug-likeness (QED) is 0.490. The summed E-state index contributed by atoms with van der Waals surface area (Å²) in [6.07, 6.45) is 4.31. The summed E-state index contributed by atoms with van der Waals surface area (Å²) in [6, 6.07) is 3.85. The molecule has 9 heteroatoms. The van der Waals surface area contributed by atoms with Crippen molar-refractivity contribution in [3.8, 4) is 0 Å². The summed E-state index contributed by atoms with van der Waals surface area (Å²) in [5.41, 5.74) is 1.86. The summed E-state index contributed by atoms with van der Waals surface area (Å²) in [4.78, 5) is 38.2. The van der Waals surface area contributed by atoms with E-state index in [0.29, 0.717) is 26.3 Å². The van der Waals surface area contributed by atoms with Gasteiger partial charge in [-0.1, -0.05) is 43.9 Å². The highest BCUT2D eigenvalue weighted by Gasteiger charge is 2.35. The molecule has 0 radical (unpaired) electrons. The van der Waals surface area contributed by atoms with Crippen molar-refractivity contribution in [3.63, 3.8) is 0 Å². The third kappa shape index (κ3) is 4.21. The molecule has 0 spiro atoms. The first-order chi connectivity index (χ1) is 15.3. The highest BCUT2D eigenvalue weighted by Crippen LogP contribution is 2.35. The third-order valence-electron chi connectivity index (χ3n) is 6.24. The second kappa shape index (κ2) is 9.33. The number of fused-ring (bicyclic) bond motifs is 1. The zero-order valence-electron chi connectivity index (χ0n) is 19.0. The minimum atomic E-state index is -0.166. The Labute approximate surface area is 198 Å². The van der Waals surface area contributed by atoms with Gasteiger partial charge in [-0.3, -0.25) is 18.9 Å². The number of carbonyl (C=O) groups excluding carboxylic acids is 1. The molecule has 2 aliphatic rings. The van der Waals surface area contributed by atoms with Crippen molar-refractivity contribution in [1.82, 2.24) is 19.2 Å². The Bertz CT molecular complexity index is 1150. The average Bonchev–Trinajstić information content (AvgIpc) is 3.08. The van der Waals surface area contributed by atoms with Crippen LogP contribution in [0.3, 0.4) is 0 Å². The molecule has 0 unspecified atom stereocenters. The van der Waals surface area contributed by atoms with Crippen molar-refractivity contribution >= 4 is 51.7 Å². The molecule has 4 heterocycles. The molecule has 0 aliphatic carbocycles. The van der Waals surface area contributed by atoms with Crippen LogP contribution >= 0.6 is 24.0 Å². The van der Waals surface area contributed by atoms with Gasteiger partial charge < -0.3 is 9.80 Å². The second-order valence-corrected chi connectivity index (χ2v) is 9.99. The fraction of sp³-hybridized carbons (Fsp3) is 0.478. The molecule has 2 aromatic rings. The highest BCUT2D eigenvalue weighted by atomic mass is 32.2. The number of rotatable bonds is 5. The number of likely N-dealkylation sites (N-methyl/N-ethyl adjacent to an activating group) is 1. The van der Waals surface area contributed by atoms with Gasteiger partial charge in [0.25, 0.3) is 11.5 Å². The number of thiocarbonyl (C=S) groups is 1. The molecule has 2 aromatic heterocycles. The number of hydrogen-bond donors (Lipinski definition) is 0. The van der Waals surface area contributed by atoms with E-state index >= 15 is 0 Å². The summed E-state index contributed by atoms with van der Waals surface area (Å²) in [5.74, 6) is 0.508. The fourth-order valence-electron chi connectivity index (χ4n) is 4.06. The largest absolute Gasteiger partial charge is 0.353 e. The lowest BCUT2D eigenvalue weighted by atomic mass is 10.2. The smallest absolute Gasteiger partial charge is 0.267 e. The van der Waals surface area contributed by atoms with Crippen LogP contribution in [0.15, 0.2) is 28.0 Å². The Balaban J connectivity index is 1.83. The number of aromatic nitrogens is 2. The van der Waals surface area contributed by atoms with Crippen LogP contribution in [0.2, 0.25) is 0 Å². The predicted octanol–water partition coefficient (Wildman–Crippen LogP) is 3.14. The van der Waals surface area contributed by atoms with E-state index in [2.05, 4.69) is 16.7 Å². The van der Waals surface area contributed by atoms with Crippen LogP contribution < -0.4 is 10.5 Å². The molecule has 0 saturated carbocycles. The zero-order chi connectivity index (χ0) is 23.0. The summed E-state index contributed by atoms with van der Waals surface area (Å²) in [5, 5.41) is 0. The summed E-state index contributed by atoms with van der Waals surface area (Å²) >= 11 is 6.74. The monoisotopic (exact) mass is 471 g/mol. The number of piperazine rings is 1. The van der Waals surface area contributed by atoms with Crippen LogP contribution in [0.25, 0.3) is 11.7 Å². The molecule has 7 nitrogen and oxygen atoms in total. The summed E-state index contributed by atoms with van der Waals surface area (Å²) < 4.78 is 2.11. The first-order valence-corrected chi connectivity index (χ1v) is 12.3. The van der Waals surface area contributed by atoms with Gasteiger partial charge in [0, 0.05) is 38.4 Å². The van der Waals surface area contributed by atoms with E-state index in [1.807, 2.05) is 32.9 Å². The first kappa shape index (κ1) is 22.9. The highest BCUT2D eigenvalue weighted by molar-refractivity contribution is 8.26. The minimum Gasteiger partial charge on any atom is -0.353 e. The van der Waals surface area contributed by atoms with Crippen molar-refractivity contribution in [2.45, 2.75) is 40.2 Å². The number of thioether (sulfide) groups is 1. The molecule has 0 aromatic carbocycles. The standard InChI is InChI=1S/C23H29N5O2S2/c1-5-16(4)28-22(30)18(32-23(28)31)13-17-20(26-11-9-25(6-2)10-12-26)24-19-8-7-15(3)14-27(19)21(17)29/h7-8,13-14,16H,5-6,9-12H2,1-4H3/b18-13+/t16-/m1/s1. The number of aryl methyl sites for hydroxylation is 1. The van der Waals surface area contributed by atoms with Gasteiger partial charge in [-0.05, 0) is 44.5 Å². The van der Waals surface area contributed by atoms with E-state index < -0.39 is 0 Å². The second-order valence-electron chi connectivity index (χ2n) is 8.32. The van der Waals surface area contributed by atoms with E-state index in [4.69, 9.17) is 17.2 Å². The van der Waals surface area contributed by atoms with Gasteiger partial charge in [0.15, 0.2) is 0 Å². The van der Waals surface area contributed by atoms with Gasteiger partial charge in [0.05, 0.1) is 10.5 Å². The van der Waals surface area contributed by atoms with Gasteiger partial charge in [-0.2, -0.15) is 0 Å². The molecular weight excluding hydrogens is 442 g/mol. The fourth-order valence-corrected chi connectivity index (χ4v) is 5.51. The van der Waals surface area contributed by atoms with E-state index in [1.165, 1.54) is 11.8 Å². The molecule has 32 heavy (non-hydrogen) atoms. The van der Waals surface area contributed by atoms with Gasteiger partial charge in [0.2, 0.25) is 0 Å². The van der Waals surface area contributed by atoms with Gasteiger partial charge in [-0.25, -0.2) is 4.98 Å². The lowest BCUT2D eigenvalue weighted by Gasteiger charge is -2.35. The van der Waals surface area contributed by atoms with E-state index in [1.54, 1.807) is 21.6 Å². The Morgan fingerprint density at radius 2 is 1.91 bits per heavy atom. The van der Waals surface area contributed by atoms with Crippen molar-refractivity contribution < 1.29 is 4.79 Å². The van der Waals surface area contributed by atoms with Crippen LogP contribution in [0.1, 0.15) is 38.3 Å². The summed E-state index contributed by atoms with van der Waals surface area (Å²) in [6.45, 7) is 12.5. The zero-order valence-corrected chi connectivity index (χ0v) is 20.6. The number of carbonyl (C=O) groups is 1. The molecule has 4 rings (SSSR count). The lowest BCUT2D eigenvalue weighted by molar-refractivity contribution is -0.123. The number of amides is 1. The third-order valence-corrected chi connectivity index (χ3v) is 7.57. The molecule has 1 atom stereocenters. The van der Waals surface area contributed by atoms with E-state index in [-0.39, 0.29) is 17.5 Å². The lowest BCUT2D eigenvalue weighted by Crippen LogP contribution is -2.47. The number of nitrogens with zero attached hydrogens (tertiary/aromatic N) is 5. The topological polar surface area (TPSA) is 61.2 Å². The molecular formula is C23H29N5O2S2. The van der Waals surface area contributed by atoms with E-state index in [0.717, 1.165) is 44.7 Å². The van der Waals surface area contributed by atoms with Crippen LogP contribution in [-0.4, -0.2) is 68.2 Å². The average molecular weight is 472 g/mol. The predicted molar refractivity (Wildman–Crippen MR) is 135 cm³/mol. The maximum atomic E-state index is 13.6. The maximum Gasteiger partial charge on any atom is 0.267 e. The van der Waals surface area contributed by atoms with Crippen molar-refractivity contribution in [1.29, 1.82) is 0 Å². The SMILES string of the molecule is CC[C@@H](C)N1C(=O)/C(=C\c2c(N3CCN(CC)CC3)nc3ccc(C)cn3c2=O)SC1=S. The molecule has 2 fully saturated rings. The Hall–Kier alpha value is -2.23. The molecule has 170 valence electrons. The van der Waals surface area contributed by atoms with Crippen molar-refractivity contribution in [2.75, 3.05) is 37.6 Å². The summed E-state index contributed by atoms with van der Waals surface area (Å²) in [7, 11) is 0. The van der Waals surface area contributed by atoms with Crippen LogP contribution in [-0.2, 0) is 4.79 Å². The maximum absolute atomic E-state index is 13.6. The number of hydrogen-bond acceptors (Lipinski definition) is 7. The van der Waals surface area contributed by atoms with Crippen LogP contribution in [0.4, 0.5) is 5.82 Å². The van der Waals surface area contributed by atoms with Crippen LogP contribution in [0.5, 0.6) is 0 Å². The Morgan fingerprint density at radius 1 is 1.19 bits per heavy atom. The van der Waals surface area contributed by atoms with Gasteiger partial charge in [0.1, 0.15) is 15.8 Å². The molecule has 1 amide bonds. The van der Waals surface area contributed by atoms with Crippen LogP contribution in [0, 0.1) is 6.92 Å². The first-order valence-electron chi connectivity index (χ1n) is 11.1. The molecule has 0 N–H and O–H groups in total. The normalized spacial score (nSPS) is 20.1. The minimum absolute atomic E-state index is 0.0217.